The van der Waals surface area contributed by atoms with Crippen molar-refractivity contribution < 1.29 is 9.59 Å². The Hall–Kier alpha value is -2.04. The monoisotopic (exact) mass is 317 g/mol. The molecule has 1 N–H and O–H groups in total. The Morgan fingerprint density at radius 1 is 1.26 bits per heavy atom. The van der Waals surface area contributed by atoms with Crippen molar-refractivity contribution in [1.82, 2.24) is 9.80 Å². The van der Waals surface area contributed by atoms with Crippen molar-refractivity contribution in [2.75, 3.05) is 25.5 Å². The number of nitrogens with one attached hydrogen (secondary N) is 1. The molecule has 1 saturated heterocycles. The Bertz CT molecular complexity index is 563. The Kier molecular flexibility index (Phi) is 5.64. The third-order valence-electron chi connectivity index (χ3n) is 4.36. The van der Waals surface area contributed by atoms with Gasteiger partial charge in [-0.25, -0.2) is 0 Å². The molecule has 1 aliphatic rings. The summed E-state index contributed by atoms with van der Waals surface area (Å²) in [5.41, 5.74) is 1.69. The molecule has 1 aliphatic heterocycles. The van der Waals surface area contributed by atoms with Crippen molar-refractivity contribution in [2.45, 2.75) is 45.7 Å². The Morgan fingerprint density at radius 2 is 1.91 bits per heavy atom. The number of hydrogen-bond donors (Lipinski definition) is 1. The quantitative estimate of drug-likeness (QED) is 0.928. The van der Waals surface area contributed by atoms with Crippen LogP contribution in [0.2, 0.25) is 0 Å². The Labute approximate surface area is 138 Å². The molecule has 0 saturated carbocycles. The zero-order valence-corrected chi connectivity index (χ0v) is 14.5. The SMILES string of the molecule is CC(=O)N(C)C1CCN(C(=O)c2cccc(NC(C)C)c2)CC1. The molecule has 0 atom stereocenters. The molecule has 0 unspecified atom stereocenters. The van der Waals surface area contributed by atoms with Gasteiger partial charge < -0.3 is 15.1 Å². The van der Waals surface area contributed by atoms with Gasteiger partial charge in [-0.15, -0.1) is 0 Å². The highest BCUT2D eigenvalue weighted by Crippen LogP contribution is 2.19. The Morgan fingerprint density at radius 3 is 2.48 bits per heavy atom. The molecule has 0 aromatic heterocycles. The zero-order chi connectivity index (χ0) is 17.0. The molecule has 1 aromatic carbocycles. The zero-order valence-electron chi connectivity index (χ0n) is 14.5. The number of likely N-dealkylation sites (tertiary alicyclic amines) is 1. The fourth-order valence-electron chi connectivity index (χ4n) is 2.97. The molecule has 1 fully saturated rings. The van der Waals surface area contributed by atoms with Crippen LogP contribution in [0, 0.1) is 0 Å². The topological polar surface area (TPSA) is 52.7 Å². The summed E-state index contributed by atoms with van der Waals surface area (Å²) in [4.78, 5) is 27.8. The maximum Gasteiger partial charge on any atom is 0.253 e. The summed E-state index contributed by atoms with van der Waals surface area (Å²) >= 11 is 0. The lowest BCUT2D eigenvalue weighted by Crippen LogP contribution is -2.46. The third-order valence-corrected chi connectivity index (χ3v) is 4.36. The predicted molar refractivity (Wildman–Crippen MR) is 92.6 cm³/mol. The van der Waals surface area contributed by atoms with E-state index in [1.54, 1.807) is 11.8 Å². The highest BCUT2D eigenvalue weighted by molar-refractivity contribution is 5.95. The molecule has 5 nitrogen and oxygen atoms in total. The highest BCUT2D eigenvalue weighted by atomic mass is 16.2. The van der Waals surface area contributed by atoms with Gasteiger partial charge in [0.25, 0.3) is 5.91 Å². The molecule has 2 rings (SSSR count). The van der Waals surface area contributed by atoms with Crippen LogP contribution in [0.5, 0.6) is 0 Å². The van der Waals surface area contributed by atoms with Gasteiger partial charge in [0, 0.05) is 50.4 Å². The maximum absolute atomic E-state index is 12.7. The summed E-state index contributed by atoms with van der Waals surface area (Å²) in [5, 5.41) is 3.32. The average Bonchev–Trinajstić information content (AvgIpc) is 2.53. The first-order valence-corrected chi connectivity index (χ1v) is 8.27. The molecule has 0 radical (unpaired) electrons. The molecular formula is C18H27N3O2. The van der Waals surface area contributed by atoms with Crippen LogP contribution in [-0.2, 0) is 4.79 Å². The lowest BCUT2D eigenvalue weighted by molar-refractivity contribution is -0.130. The van der Waals surface area contributed by atoms with E-state index >= 15 is 0 Å². The van der Waals surface area contributed by atoms with Crippen LogP contribution >= 0.6 is 0 Å². The molecule has 0 aliphatic carbocycles. The van der Waals surface area contributed by atoms with E-state index < -0.39 is 0 Å². The minimum absolute atomic E-state index is 0.0707. The van der Waals surface area contributed by atoms with Crippen molar-refractivity contribution in [3.63, 3.8) is 0 Å². The van der Waals surface area contributed by atoms with Gasteiger partial charge >= 0.3 is 0 Å². The van der Waals surface area contributed by atoms with Crippen LogP contribution in [0.1, 0.15) is 44.0 Å². The number of amides is 2. The summed E-state index contributed by atoms with van der Waals surface area (Å²) in [7, 11) is 1.84. The summed E-state index contributed by atoms with van der Waals surface area (Å²) < 4.78 is 0. The van der Waals surface area contributed by atoms with Crippen LogP contribution < -0.4 is 5.32 Å². The van der Waals surface area contributed by atoms with Gasteiger partial charge in [0.2, 0.25) is 5.91 Å². The predicted octanol–water partition coefficient (Wildman–Crippen LogP) is 2.59. The summed E-state index contributed by atoms with van der Waals surface area (Å²) in [6.45, 7) is 7.13. The number of nitrogens with zero attached hydrogens (tertiary/aromatic N) is 2. The summed E-state index contributed by atoms with van der Waals surface area (Å²) in [6.07, 6.45) is 1.68. The minimum Gasteiger partial charge on any atom is -0.383 e. The van der Waals surface area contributed by atoms with Gasteiger partial charge in [0.05, 0.1) is 0 Å². The smallest absolute Gasteiger partial charge is 0.253 e. The van der Waals surface area contributed by atoms with Gasteiger partial charge in [-0.1, -0.05) is 6.07 Å². The number of carbonyl (C=O) groups excluding carboxylic acids is 2. The number of hydrogen-bond acceptors (Lipinski definition) is 3. The van der Waals surface area contributed by atoms with Crippen LogP contribution in [0.25, 0.3) is 0 Å². The van der Waals surface area contributed by atoms with Gasteiger partial charge in [-0.3, -0.25) is 9.59 Å². The lowest BCUT2D eigenvalue weighted by Gasteiger charge is -2.36. The second-order valence-corrected chi connectivity index (χ2v) is 6.53. The summed E-state index contributed by atoms with van der Waals surface area (Å²) in [5.74, 6) is 0.156. The van der Waals surface area contributed by atoms with Crippen molar-refractivity contribution in [2.24, 2.45) is 0 Å². The van der Waals surface area contributed by atoms with Gasteiger partial charge in [-0.05, 0) is 44.9 Å². The number of piperidine rings is 1. The number of benzene rings is 1. The van der Waals surface area contributed by atoms with Crippen molar-refractivity contribution >= 4 is 17.5 Å². The van der Waals surface area contributed by atoms with E-state index in [4.69, 9.17) is 0 Å². The standard InChI is InChI=1S/C18H27N3O2/c1-13(2)19-16-7-5-6-15(12-16)18(23)21-10-8-17(9-11-21)20(4)14(3)22/h5-7,12-13,17,19H,8-11H2,1-4H3. The molecule has 2 amide bonds. The third kappa shape index (κ3) is 4.47. The van der Waals surface area contributed by atoms with Crippen molar-refractivity contribution in [3.8, 4) is 0 Å². The lowest BCUT2D eigenvalue weighted by atomic mass is 10.0. The van der Waals surface area contributed by atoms with E-state index in [2.05, 4.69) is 19.2 Å². The molecule has 0 spiro atoms. The van der Waals surface area contributed by atoms with E-state index in [9.17, 15) is 9.59 Å². The molecule has 1 heterocycles. The van der Waals surface area contributed by atoms with Gasteiger partial charge in [0.1, 0.15) is 0 Å². The van der Waals surface area contributed by atoms with E-state index in [1.165, 1.54) is 0 Å². The molecular weight excluding hydrogens is 290 g/mol. The number of carbonyl (C=O) groups is 2. The molecule has 1 aromatic rings. The van der Waals surface area contributed by atoms with E-state index in [1.807, 2.05) is 36.2 Å². The van der Waals surface area contributed by atoms with Gasteiger partial charge in [0.15, 0.2) is 0 Å². The molecule has 23 heavy (non-hydrogen) atoms. The Balaban J connectivity index is 1.98. The first-order valence-electron chi connectivity index (χ1n) is 8.27. The first kappa shape index (κ1) is 17.3. The second-order valence-electron chi connectivity index (χ2n) is 6.53. The van der Waals surface area contributed by atoms with Crippen LogP contribution in [0.15, 0.2) is 24.3 Å². The average molecular weight is 317 g/mol. The largest absolute Gasteiger partial charge is 0.383 e. The fourth-order valence-corrected chi connectivity index (χ4v) is 2.97. The molecule has 5 heteroatoms. The van der Waals surface area contributed by atoms with Crippen LogP contribution in [0.3, 0.4) is 0 Å². The normalized spacial score (nSPS) is 15.6. The van der Waals surface area contributed by atoms with Crippen LogP contribution in [-0.4, -0.2) is 53.8 Å². The van der Waals surface area contributed by atoms with Crippen molar-refractivity contribution in [1.29, 1.82) is 0 Å². The number of anilines is 1. The molecule has 126 valence electrons. The van der Waals surface area contributed by atoms with Gasteiger partial charge in [-0.2, -0.15) is 0 Å². The van der Waals surface area contributed by atoms with E-state index in [0.717, 1.165) is 18.5 Å². The minimum atomic E-state index is 0.0707. The first-order chi connectivity index (χ1) is 10.9. The fraction of sp³-hybridized carbons (Fsp3) is 0.556. The van der Waals surface area contributed by atoms with E-state index in [0.29, 0.717) is 24.7 Å². The highest BCUT2D eigenvalue weighted by Gasteiger charge is 2.26. The summed E-state index contributed by atoms with van der Waals surface area (Å²) in [6, 6.07) is 8.24. The second kappa shape index (κ2) is 7.49. The van der Waals surface area contributed by atoms with Crippen molar-refractivity contribution in [3.05, 3.63) is 29.8 Å². The maximum atomic E-state index is 12.7. The number of rotatable bonds is 4. The van der Waals surface area contributed by atoms with Crippen LogP contribution in [0.4, 0.5) is 5.69 Å². The van der Waals surface area contributed by atoms with E-state index in [-0.39, 0.29) is 17.9 Å². The molecule has 0 bridgehead atoms.